The molecule has 1 aliphatic heterocycles. The Labute approximate surface area is 125 Å². The molecule has 3 atom stereocenters. The van der Waals surface area contributed by atoms with E-state index in [1.807, 2.05) is 19.2 Å². The van der Waals surface area contributed by atoms with Gasteiger partial charge in [0.15, 0.2) is 5.96 Å². The lowest BCUT2D eigenvalue weighted by molar-refractivity contribution is -0.171. The summed E-state index contributed by atoms with van der Waals surface area (Å²) in [6.45, 7) is 1.59. The molecule has 5 heteroatoms. The van der Waals surface area contributed by atoms with Crippen LogP contribution in [-0.4, -0.2) is 31.8 Å². The average molecular weight is 289 g/mol. The van der Waals surface area contributed by atoms with Crippen LogP contribution in [0.2, 0.25) is 0 Å². The predicted octanol–water partition coefficient (Wildman–Crippen LogP) is 1.90. The van der Waals surface area contributed by atoms with Crippen LogP contribution in [0.25, 0.3) is 0 Å². The highest BCUT2D eigenvalue weighted by atomic mass is 16.5. The van der Waals surface area contributed by atoms with E-state index in [0.29, 0.717) is 30.0 Å². The Bertz CT molecular complexity index is 522. The number of hydrogen-bond donors (Lipinski definition) is 2. The number of aliphatic imine (C=N–C) groups is 1. The minimum absolute atomic E-state index is 0.378. The normalized spacial score (nSPS) is 33.2. The van der Waals surface area contributed by atoms with Crippen LogP contribution in [0, 0.1) is 11.3 Å². The van der Waals surface area contributed by atoms with Crippen molar-refractivity contribution in [3.8, 4) is 0 Å². The first-order valence-electron chi connectivity index (χ1n) is 7.95. The van der Waals surface area contributed by atoms with Crippen LogP contribution in [0.3, 0.4) is 0 Å². The number of nitrogens with zero attached hydrogens (tertiary/aromatic N) is 1. The van der Waals surface area contributed by atoms with Crippen LogP contribution in [0.15, 0.2) is 27.8 Å². The predicted molar refractivity (Wildman–Crippen MR) is 80.0 cm³/mol. The summed E-state index contributed by atoms with van der Waals surface area (Å²) in [4.78, 5) is 4.36. The average Bonchev–Trinajstić information content (AvgIpc) is 3.08. The third kappa shape index (κ3) is 1.98. The molecule has 21 heavy (non-hydrogen) atoms. The quantitative estimate of drug-likeness (QED) is 0.659. The lowest BCUT2D eigenvalue weighted by atomic mass is 9.46. The lowest BCUT2D eigenvalue weighted by Gasteiger charge is -2.63. The molecule has 2 aliphatic carbocycles. The maximum absolute atomic E-state index is 5.96. The first kappa shape index (κ1) is 13.2. The van der Waals surface area contributed by atoms with Gasteiger partial charge in [-0.2, -0.15) is 0 Å². The number of fused-ring (bicyclic) bond motifs is 2. The molecule has 3 fully saturated rings. The highest BCUT2D eigenvalue weighted by molar-refractivity contribution is 5.80. The summed E-state index contributed by atoms with van der Waals surface area (Å²) < 4.78 is 11.3. The van der Waals surface area contributed by atoms with Gasteiger partial charge in [0.2, 0.25) is 0 Å². The number of furan rings is 1. The van der Waals surface area contributed by atoms with E-state index in [1.165, 1.54) is 25.7 Å². The van der Waals surface area contributed by atoms with Gasteiger partial charge in [0, 0.05) is 31.0 Å². The molecule has 1 saturated heterocycles. The molecule has 2 saturated carbocycles. The number of rotatable bonds is 3. The van der Waals surface area contributed by atoms with Crippen molar-refractivity contribution in [1.29, 1.82) is 0 Å². The number of hydrogen-bond acceptors (Lipinski definition) is 3. The molecule has 1 spiro atoms. The van der Waals surface area contributed by atoms with Gasteiger partial charge in [-0.1, -0.05) is 6.42 Å². The van der Waals surface area contributed by atoms with E-state index in [9.17, 15) is 0 Å². The minimum Gasteiger partial charge on any atom is -0.467 e. The first-order chi connectivity index (χ1) is 10.3. The number of ether oxygens (including phenoxy) is 1. The zero-order valence-electron chi connectivity index (χ0n) is 12.5. The van der Waals surface area contributed by atoms with E-state index in [1.54, 1.807) is 6.26 Å². The van der Waals surface area contributed by atoms with Crippen molar-refractivity contribution in [2.24, 2.45) is 16.3 Å². The Hall–Kier alpha value is -1.49. The standard InChI is InChI=1S/C16H23N3O2/c1-17-15(18-10-11-4-2-8-20-11)19-13-12-5-9-21-14(12)16(13)6-3-7-16/h2,4,8,12-14H,3,5-7,9-10H2,1H3,(H2,17,18,19). The molecular formula is C16H23N3O2. The van der Waals surface area contributed by atoms with Crippen molar-refractivity contribution in [3.63, 3.8) is 0 Å². The maximum atomic E-state index is 5.96. The highest BCUT2D eigenvalue weighted by Gasteiger charge is 2.66. The fraction of sp³-hybridized carbons (Fsp3) is 0.688. The molecule has 114 valence electrons. The Morgan fingerprint density at radius 3 is 3.05 bits per heavy atom. The maximum Gasteiger partial charge on any atom is 0.191 e. The summed E-state index contributed by atoms with van der Waals surface area (Å²) in [5, 5.41) is 6.99. The topological polar surface area (TPSA) is 58.8 Å². The third-order valence-corrected chi connectivity index (χ3v) is 5.56. The second-order valence-corrected chi connectivity index (χ2v) is 6.46. The highest BCUT2D eigenvalue weighted by Crippen LogP contribution is 2.62. The molecule has 5 nitrogen and oxygen atoms in total. The van der Waals surface area contributed by atoms with E-state index in [2.05, 4.69) is 15.6 Å². The number of nitrogens with one attached hydrogen (secondary N) is 2. The lowest BCUT2D eigenvalue weighted by Crippen LogP contribution is -2.72. The van der Waals surface area contributed by atoms with Crippen LogP contribution in [0.4, 0.5) is 0 Å². The first-order valence-corrected chi connectivity index (χ1v) is 7.95. The monoisotopic (exact) mass is 289 g/mol. The van der Waals surface area contributed by atoms with Crippen LogP contribution in [0.1, 0.15) is 31.4 Å². The smallest absolute Gasteiger partial charge is 0.191 e. The second-order valence-electron chi connectivity index (χ2n) is 6.46. The fourth-order valence-corrected chi connectivity index (χ4v) is 4.38. The molecule has 0 amide bonds. The van der Waals surface area contributed by atoms with Crippen LogP contribution < -0.4 is 10.6 Å². The number of guanidine groups is 1. The van der Waals surface area contributed by atoms with Crippen LogP contribution in [0.5, 0.6) is 0 Å². The third-order valence-electron chi connectivity index (χ3n) is 5.56. The van der Waals surface area contributed by atoms with Gasteiger partial charge in [-0.3, -0.25) is 4.99 Å². The Morgan fingerprint density at radius 1 is 1.48 bits per heavy atom. The molecule has 0 aromatic carbocycles. The minimum atomic E-state index is 0.378. The van der Waals surface area contributed by atoms with Gasteiger partial charge in [-0.05, 0) is 31.4 Å². The van der Waals surface area contributed by atoms with Crippen molar-refractivity contribution in [3.05, 3.63) is 24.2 Å². The van der Waals surface area contributed by atoms with Crippen molar-refractivity contribution < 1.29 is 9.15 Å². The van der Waals surface area contributed by atoms with E-state index in [4.69, 9.17) is 9.15 Å². The largest absolute Gasteiger partial charge is 0.467 e. The summed E-state index contributed by atoms with van der Waals surface area (Å²) in [5.74, 6) is 2.45. The van der Waals surface area contributed by atoms with Crippen molar-refractivity contribution in [2.45, 2.75) is 44.4 Å². The molecule has 0 bridgehead atoms. The van der Waals surface area contributed by atoms with E-state index in [0.717, 1.165) is 18.3 Å². The summed E-state index contributed by atoms with van der Waals surface area (Å²) in [6, 6.07) is 4.39. The molecule has 2 heterocycles. The van der Waals surface area contributed by atoms with Gasteiger partial charge < -0.3 is 19.8 Å². The summed E-state index contributed by atoms with van der Waals surface area (Å²) >= 11 is 0. The second kappa shape index (κ2) is 5.05. The van der Waals surface area contributed by atoms with Gasteiger partial charge in [-0.25, -0.2) is 0 Å². The Morgan fingerprint density at radius 2 is 2.38 bits per heavy atom. The van der Waals surface area contributed by atoms with Gasteiger partial charge in [0.05, 0.1) is 18.9 Å². The van der Waals surface area contributed by atoms with Crippen LogP contribution in [-0.2, 0) is 11.3 Å². The Balaban J connectivity index is 1.39. The van der Waals surface area contributed by atoms with Gasteiger partial charge in [-0.15, -0.1) is 0 Å². The summed E-state index contributed by atoms with van der Waals surface area (Å²) in [6.07, 6.45) is 7.29. The van der Waals surface area contributed by atoms with Crippen LogP contribution >= 0.6 is 0 Å². The Kier molecular flexibility index (Phi) is 3.17. The zero-order valence-corrected chi connectivity index (χ0v) is 12.5. The SMILES string of the molecule is CN=C(NCc1ccco1)NC1C2CCOC2C12CCC2. The van der Waals surface area contributed by atoms with E-state index >= 15 is 0 Å². The molecule has 2 N–H and O–H groups in total. The van der Waals surface area contributed by atoms with Crippen molar-refractivity contribution in [2.75, 3.05) is 13.7 Å². The summed E-state index contributed by atoms with van der Waals surface area (Å²) in [5.41, 5.74) is 0.378. The van der Waals surface area contributed by atoms with E-state index < -0.39 is 0 Å². The van der Waals surface area contributed by atoms with Gasteiger partial charge in [0.1, 0.15) is 5.76 Å². The molecule has 3 unspecified atom stereocenters. The molecule has 0 radical (unpaired) electrons. The molecule has 1 aromatic rings. The van der Waals surface area contributed by atoms with Gasteiger partial charge >= 0.3 is 0 Å². The zero-order chi connectivity index (χ0) is 14.3. The molecule has 1 aromatic heterocycles. The fourth-order valence-electron chi connectivity index (χ4n) is 4.38. The molecule has 4 rings (SSSR count). The summed E-state index contributed by atoms with van der Waals surface area (Å²) in [7, 11) is 1.83. The molecular weight excluding hydrogens is 266 g/mol. The van der Waals surface area contributed by atoms with Gasteiger partial charge in [0.25, 0.3) is 0 Å². The van der Waals surface area contributed by atoms with Crippen molar-refractivity contribution >= 4 is 5.96 Å². The van der Waals surface area contributed by atoms with E-state index in [-0.39, 0.29) is 0 Å². The molecule has 3 aliphatic rings. The van der Waals surface area contributed by atoms with Crippen molar-refractivity contribution in [1.82, 2.24) is 10.6 Å².